The minimum Gasteiger partial charge on any atom is -0.366 e. The Morgan fingerprint density at radius 1 is 1.40 bits per heavy atom. The van der Waals surface area contributed by atoms with Crippen LogP contribution in [0.15, 0.2) is 23.6 Å². The topological polar surface area (TPSA) is 111 Å². The lowest BCUT2D eigenvalue weighted by molar-refractivity contribution is 0.0995. The summed E-state index contributed by atoms with van der Waals surface area (Å²) in [6.07, 6.45) is 0. The molecule has 20 heavy (non-hydrogen) atoms. The SMILES string of the molecule is Cc1c(NC(=O)c2csc(CN)n2)cccc1C(N)=O. The van der Waals surface area contributed by atoms with Gasteiger partial charge in [0.15, 0.2) is 0 Å². The molecular weight excluding hydrogens is 276 g/mol. The number of nitrogens with zero attached hydrogens (tertiary/aromatic N) is 1. The first-order chi connectivity index (χ1) is 9.52. The van der Waals surface area contributed by atoms with E-state index in [4.69, 9.17) is 11.5 Å². The first kappa shape index (κ1) is 14.2. The normalized spacial score (nSPS) is 10.3. The average Bonchev–Trinajstić information content (AvgIpc) is 2.89. The van der Waals surface area contributed by atoms with E-state index in [2.05, 4.69) is 10.3 Å². The molecule has 0 fully saturated rings. The van der Waals surface area contributed by atoms with E-state index in [0.29, 0.717) is 34.1 Å². The highest BCUT2D eigenvalue weighted by atomic mass is 32.1. The van der Waals surface area contributed by atoms with Crippen LogP contribution in [0.3, 0.4) is 0 Å². The lowest BCUT2D eigenvalue weighted by atomic mass is 10.1. The predicted octanol–water partition coefficient (Wildman–Crippen LogP) is 1.26. The standard InChI is InChI=1S/C13H14N4O2S/c1-7-8(12(15)18)3-2-4-9(7)17-13(19)10-6-20-11(5-14)16-10/h2-4,6H,5,14H2,1H3,(H2,15,18)(H,17,19). The van der Waals surface area contributed by atoms with E-state index in [-0.39, 0.29) is 5.91 Å². The lowest BCUT2D eigenvalue weighted by Crippen LogP contribution is -2.17. The molecule has 6 nitrogen and oxygen atoms in total. The summed E-state index contributed by atoms with van der Waals surface area (Å²) in [5, 5.41) is 5.05. The first-order valence-electron chi connectivity index (χ1n) is 5.88. The van der Waals surface area contributed by atoms with E-state index in [9.17, 15) is 9.59 Å². The second-order valence-corrected chi connectivity index (χ2v) is 5.07. The van der Waals surface area contributed by atoms with Crippen LogP contribution in [0.2, 0.25) is 0 Å². The number of amides is 2. The third-order valence-corrected chi connectivity index (χ3v) is 3.68. The molecule has 2 rings (SSSR count). The van der Waals surface area contributed by atoms with Gasteiger partial charge in [-0.3, -0.25) is 9.59 Å². The first-order valence-corrected chi connectivity index (χ1v) is 6.76. The molecule has 0 radical (unpaired) electrons. The van der Waals surface area contributed by atoms with Crippen LogP contribution in [0.25, 0.3) is 0 Å². The zero-order chi connectivity index (χ0) is 14.7. The second kappa shape index (κ2) is 5.81. The van der Waals surface area contributed by atoms with Gasteiger partial charge in [0, 0.05) is 23.2 Å². The minimum atomic E-state index is -0.530. The largest absolute Gasteiger partial charge is 0.366 e. The molecule has 0 aliphatic carbocycles. The zero-order valence-electron chi connectivity index (χ0n) is 10.8. The Morgan fingerprint density at radius 2 is 2.15 bits per heavy atom. The summed E-state index contributed by atoms with van der Waals surface area (Å²) >= 11 is 1.33. The van der Waals surface area contributed by atoms with Gasteiger partial charge in [-0.05, 0) is 24.6 Å². The van der Waals surface area contributed by atoms with E-state index in [0.717, 1.165) is 0 Å². The predicted molar refractivity (Wildman–Crippen MR) is 77.7 cm³/mol. The van der Waals surface area contributed by atoms with Gasteiger partial charge >= 0.3 is 0 Å². The Hall–Kier alpha value is -2.25. The van der Waals surface area contributed by atoms with Gasteiger partial charge < -0.3 is 16.8 Å². The number of thiazole rings is 1. The van der Waals surface area contributed by atoms with Crippen LogP contribution in [0.1, 0.15) is 31.4 Å². The summed E-state index contributed by atoms with van der Waals surface area (Å²) in [4.78, 5) is 27.4. The Bertz CT molecular complexity index is 666. The summed E-state index contributed by atoms with van der Waals surface area (Å²) in [5.41, 5.74) is 12.6. The number of carbonyl (C=O) groups is 2. The van der Waals surface area contributed by atoms with Crippen LogP contribution in [0.5, 0.6) is 0 Å². The zero-order valence-corrected chi connectivity index (χ0v) is 11.7. The van der Waals surface area contributed by atoms with Crippen LogP contribution in [0.4, 0.5) is 5.69 Å². The van der Waals surface area contributed by atoms with E-state index in [1.165, 1.54) is 11.3 Å². The van der Waals surface area contributed by atoms with Gasteiger partial charge in [0.25, 0.3) is 5.91 Å². The molecule has 1 aromatic carbocycles. The van der Waals surface area contributed by atoms with Crippen LogP contribution in [-0.4, -0.2) is 16.8 Å². The maximum Gasteiger partial charge on any atom is 0.275 e. The van der Waals surface area contributed by atoms with Gasteiger partial charge in [-0.25, -0.2) is 4.98 Å². The van der Waals surface area contributed by atoms with Gasteiger partial charge in [-0.2, -0.15) is 0 Å². The van der Waals surface area contributed by atoms with Crippen molar-refractivity contribution in [1.82, 2.24) is 4.98 Å². The Balaban J connectivity index is 2.24. The fourth-order valence-electron chi connectivity index (χ4n) is 1.73. The summed E-state index contributed by atoms with van der Waals surface area (Å²) in [7, 11) is 0. The second-order valence-electron chi connectivity index (χ2n) is 4.13. The number of hydrogen-bond acceptors (Lipinski definition) is 5. The molecule has 0 unspecified atom stereocenters. The number of nitrogens with one attached hydrogen (secondary N) is 1. The molecule has 0 saturated heterocycles. The smallest absolute Gasteiger partial charge is 0.275 e. The van der Waals surface area contributed by atoms with E-state index >= 15 is 0 Å². The van der Waals surface area contributed by atoms with E-state index in [1.54, 1.807) is 30.5 Å². The summed E-state index contributed by atoms with van der Waals surface area (Å²) in [6.45, 7) is 2.02. The van der Waals surface area contributed by atoms with E-state index in [1.807, 2.05) is 0 Å². The molecule has 5 N–H and O–H groups in total. The number of primary amides is 1. The number of hydrogen-bond donors (Lipinski definition) is 3. The lowest BCUT2D eigenvalue weighted by Gasteiger charge is -2.09. The molecule has 0 bridgehead atoms. The molecule has 0 saturated carbocycles. The van der Waals surface area contributed by atoms with Crippen LogP contribution < -0.4 is 16.8 Å². The van der Waals surface area contributed by atoms with Crippen molar-refractivity contribution in [2.75, 3.05) is 5.32 Å². The third kappa shape index (κ3) is 2.84. The van der Waals surface area contributed by atoms with Gasteiger partial charge in [-0.15, -0.1) is 11.3 Å². The Morgan fingerprint density at radius 3 is 2.75 bits per heavy atom. The van der Waals surface area contributed by atoms with Crippen molar-refractivity contribution < 1.29 is 9.59 Å². The number of nitrogens with two attached hydrogens (primary N) is 2. The molecule has 0 aliphatic rings. The van der Waals surface area contributed by atoms with Gasteiger partial charge in [0.1, 0.15) is 10.7 Å². The fourth-order valence-corrected chi connectivity index (χ4v) is 2.39. The highest BCUT2D eigenvalue weighted by Crippen LogP contribution is 2.20. The van der Waals surface area contributed by atoms with Crippen molar-refractivity contribution in [1.29, 1.82) is 0 Å². The maximum atomic E-state index is 12.1. The van der Waals surface area contributed by atoms with Crippen molar-refractivity contribution in [2.45, 2.75) is 13.5 Å². The van der Waals surface area contributed by atoms with Crippen molar-refractivity contribution >= 4 is 28.8 Å². The van der Waals surface area contributed by atoms with Crippen LogP contribution in [0, 0.1) is 6.92 Å². The quantitative estimate of drug-likeness (QED) is 0.787. The number of anilines is 1. The molecule has 0 spiro atoms. The summed E-state index contributed by atoms with van der Waals surface area (Å²) < 4.78 is 0. The molecule has 104 valence electrons. The number of carbonyl (C=O) groups excluding carboxylic acids is 2. The van der Waals surface area contributed by atoms with Gasteiger partial charge in [-0.1, -0.05) is 6.07 Å². The highest BCUT2D eigenvalue weighted by molar-refractivity contribution is 7.09. The van der Waals surface area contributed by atoms with Crippen LogP contribution >= 0.6 is 11.3 Å². The molecule has 2 aromatic rings. The fraction of sp³-hybridized carbons (Fsp3) is 0.154. The van der Waals surface area contributed by atoms with Crippen molar-refractivity contribution in [3.63, 3.8) is 0 Å². The Kier molecular flexibility index (Phi) is 4.11. The monoisotopic (exact) mass is 290 g/mol. The maximum absolute atomic E-state index is 12.1. The molecular formula is C13H14N4O2S. The van der Waals surface area contributed by atoms with Gasteiger partial charge in [0.05, 0.1) is 0 Å². The van der Waals surface area contributed by atoms with Crippen molar-refractivity contribution in [2.24, 2.45) is 11.5 Å². The molecule has 0 atom stereocenters. The molecule has 2 amide bonds. The molecule has 0 aliphatic heterocycles. The highest BCUT2D eigenvalue weighted by Gasteiger charge is 2.14. The number of aromatic nitrogens is 1. The van der Waals surface area contributed by atoms with Crippen molar-refractivity contribution in [3.8, 4) is 0 Å². The number of rotatable bonds is 4. The number of benzene rings is 1. The van der Waals surface area contributed by atoms with E-state index < -0.39 is 5.91 Å². The molecule has 1 aromatic heterocycles. The Labute approximate surface area is 119 Å². The summed E-state index contributed by atoms with van der Waals surface area (Å²) in [5.74, 6) is -0.872. The molecule has 1 heterocycles. The van der Waals surface area contributed by atoms with Crippen molar-refractivity contribution in [3.05, 3.63) is 45.4 Å². The summed E-state index contributed by atoms with van der Waals surface area (Å²) in [6, 6.07) is 4.98. The van der Waals surface area contributed by atoms with Crippen LogP contribution in [-0.2, 0) is 6.54 Å². The minimum absolute atomic E-state index is 0.300. The average molecular weight is 290 g/mol. The molecule has 7 heteroatoms. The third-order valence-electron chi connectivity index (χ3n) is 2.81. The van der Waals surface area contributed by atoms with Gasteiger partial charge in [0.2, 0.25) is 5.91 Å².